The van der Waals surface area contributed by atoms with Gasteiger partial charge in [0, 0.05) is 17.5 Å². The summed E-state index contributed by atoms with van der Waals surface area (Å²) in [5.74, 6) is -0.243. The van der Waals surface area contributed by atoms with Crippen molar-refractivity contribution in [1.82, 2.24) is 5.32 Å². The van der Waals surface area contributed by atoms with Crippen LogP contribution in [0.4, 0.5) is 11.4 Å². The summed E-state index contributed by atoms with van der Waals surface area (Å²) in [5, 5.41) is 16.1. The van der Waals surface area contributed by atoms with E-state index in [0.29, 0.717) is 5.69 Å². The Morgan fingerprint density at radius 1 is 1.40 bits per heavy atom. The Morgan fingerprint density at radius 3 is 2.45 bits per heavy atom. The molecule has 1 aromatic carbocycles. The van der Waals surface area contributed by atoms with Crippen molar-refractivity contribution < 1.29 is 9.72 Å². The van der Waals surface area contributed by atoms with Gasteiger partial charge in [-0.05, 0) is 18.3 Å². The lowest BCUT2D eigenvalue weighted by Gasteiger charge is -2.18. The Balaban J connectivity index is 2.77. The summed E-state index contributed by atoms with van der Waals surface area (Å²) in [5.41, 5.74) is -0.313. The summed E-state index contributed by atoms with van der Waals surface area (Å²) in [6.07, 6.45) is 0. The van der Waals surface area contributed by atoms with Gasteiger partial charge in [0.2, 0.25) is 5.91 Å². The number of non-ortho nitro benzene ring substituents is 1. The molecule has 1 rings (SSSR count). The molecule has 0 spiro atoms. The molecule has 0 bridgehead atoms. The highest BCUT2D eigenvalue weighted by molar-refractivity contribution is 7.80. The maximum atomic E-state index is 11.7. The zero-order valence-corrected chi connectivity index (χ0v) is 12.8. The predicted octanol–water partition coefficient (Wildman–Crippen LogP) is 3.11. The number of anilines is 1. The Bertz CT molecular complexity index is 570. The van der Waals surface area contributed by atoms with Gasteiger partial charge in [-0.3, -0.25) is 14.9 Å². The molecule has 20 heavy (non-hydrogen) atoms. The molecule has 8 heteroatoms. The van der Waals surface area contributed by atoms with Crippen LogP contribution in [0, 0.1) is 15.5 Å². The predicted molar refractivity (Wildman–Crippen MR) is 81.9 cm³/mol. The van der Waals surface area contributed by atoms with Crippen LogP contribution in [0.5, 0.6) is 0 Å². The molecule has 0 heterocycles. The van der Waals surface area contributed by atoms with Crippen molar-refractivity contribution >= 4 is 46.2 Å². The van der Waals surface area contributed by atoms with Gasteiger partial charge in [-0.2, -0.15) is 0 Å². The first-order valence-electron chi connectivity index (χ1n) is 5.67. The van der Waals surface area contributed by atoms with E-state index in [1.165, 1.54) is 18.2 Å². The fourth-order valence-electron chi connectivity index (χ4n) is 1.16. The maximum Gasteiger partial charge on any atom is 0.271 e. The molecular formula is C12H14ClN3O3S. The highest BCUT2D eigenvalue weighted by Gasteiger charge is 2.22. The van der Waals surface area contributed by atoms with Gasteiger partial charge in [0.1, 0.15) is 0 Å². The van der Waals surface area contributed by atoms with Crippen molar-refractivity contribution in [2.24, 2.45) is 5.41 Å². The van der Waals surface area contributed by atoms with E-state index in [1.807, 2.05) is 0 Å². The molecule has 1 amide bonds. The molecule has 0 saturated carbocycles. The molecule has 0 aliphatic rings. The first kappa shape index (κ1) is 16.3. The second kappa shape index (κ2) is 6.15. The third kappa shape index (κ3) is 4.43. The number of carbonyl (C=O) groups is 1. The van der Waals surface area contributed by atoms with E-state index in [0.717, 1.165) is 0 Å². The topological polar surface area (TPSA) is 84.3 Å². The molecule has 1 aromatic rings. The number of halogens is 1. The third-order valence-electron chi connectivity index (χ3n) is 2.32. The summed E-state index contributed by atoms with van der Waals surface area (Å²) >= 11 is 10.9. The van der Waals surface area contributed by atoms with Gasteiger partial charge in [0.15, 0.2) is 5.11 Å². The second-order valence-electron chi connectivity index (χ2n) is 5.08. The van der Waals surface area contributed by atoms with Crippen LogP contribution in [-0.2, 0) is 4.79 Å². The molecule has 0 aliphatic heterocycles. The van der Waals surface area contributed by atoms with Gasteiger partial charge >= 0.3 is 0 Å². The number of hydrogen-bond donors (Lipinski definition) is 2. The SMILES string of the molecule is CC(C)(C)C(=O)NC(=S)Nc1ccc([N+](=O)[O-])cc1Cl. The van der Waals surface area contributed by atoms with E-state index in [-0.39, 0.29) is 21.7 Å². The summed E-state index contributed by atoms with van der Waals surface area (Å²) < 4.78 is 0. The van der Waals surface area contributed by atoms with E-state index >= 15 is 0 Å². The fraction of sp³-hybridized carbons (Fsp3) is 0.333. The molecule has 0 fully saturated rings. The second-order valence-corrected chi connectivity index (χ2v) is 5.89. The number of nitrogens with one attached hydrogen (secondary N) is 2. The molecule has 108 valence electrons. The van der Waals surface area contributed by atoms with Crippen LogP contribution in [0.3, 0.4) is 0 Å². The monoisotopic (exact) mass is 315 g/mol. The highest BCUT2D eigenvalue weighted by Crippen LogP contribution is 2.26. The van der Waals surface area contributed by atoms with Gasteiger partial charge in [-0.1, -0.05) is 32.4 Å². The van der Waals surface area contributed by atoms with Crippen LogP contribution >= 0.6 is 23.8 Å². The molecule has 0 unspecified atom stereocenters. The number of benzene rings is 1. The third-order valence-corrected chi connectivity index (χ3v) is 2.84. The number of hydrogen-bond acceptors (Lipinski definition) is 4. The number of nitrogens with zero attached hydrogens (tertiary/aromatic N) is 1. The van der Waals surface area contributed by atoms with Crippen LogP contribution in [0.25, 0.3) is 0 Å². The molecule has 0 radical (unpaired) electrons. The van der Waals surface area contributed by atoms with Gasteiger partial charge in [-0.25, -0.2) is 0 Å². The van der Waals surface area contributed by atoms with Crippen LogP contribution in [0.1, 0.15) is 20.8 Å². The first-order chi connectivity index (χ1) is 9.11. The summed E-state index contributed by atoms with van der Waals surface area (Å²) in [6, 6.07) is 3.93. The van der Waals surface area contributed by atoms with Crippen LogP contribution < -0.4 is 10.6 Å². The van der Waals surface area contributed by atoms with Gasteiger partial charge < -0.3 is 10.6 Å². The smallest absolute Gasteiger partial charge is 0.271 e. The lowest BCUT2D eigenvalue weighted by molar-refractivity contribution is -0.384. The van der Waals surface area contributed by atoms with E-state index < -0.39 is 10.3 Å². The van der Waals surface area contributed by atoms with Crippen LogP contribution in [0.2, 0.25) is 5.02 Å². The first-order valence-corrected chi connectivity index (χ1v) is 6.46. The standard InChI is InChI=1S/C12H14ClN3O3S/c1-12(2,3)10(17)15-11(20)14-9-5-4-7(16(18)19)6-8(9)13/h4-6H,1-3H3,(H2,14,15,17,20). The van der Waals surface area contributed by atoms with Crippen molar-refractivity contribution in [2.45, 2.75) is 20.8 Å². The van der Waals surface area contributed by atoms with E-state index in [9.17, 15) is 14.9 Å². The molecule has 0 atom stereocenters. The lowest BCUT2D eigenvalue weighted by Crippen LogP contribution is -2.41. The number of nitro groups is 1. The largest absolute Gasteiger partial charge is 0.331 e. The Morgan fingerprint density at radius 2 is 2.00 bits per heavy atom. The Labute approximate surface area is 126 Å². The molecule has 6 nitrogen and oxygen atoms in total. The van der Waals surface area contributed by atoms with Crippen molar-refractivity contribution in [1.29, 1.82) is 0 Å². The molecule has 0 aliphatic carbocycles. The minimum absolute atomic E-state index is 0.0840. The quantitative estimate of drug-likeness (QED) is 0.497. The maximum absolute atomic E-state index is 11.7. The minimum atomic E-state index is -0.578. The van der Waals surface area contributed by atoms with Gasteiger partial charge in [0.05, 0.1) is 15.6 Å². The summed E-state index contributed by atoms with van der Waals surface area (Å²) in [6.45, 7) is 5.26. The van der Waals surface area contributed by atoms with Gasteiger partial charge in [-0.15, -0.1) is 0 Å². The molecule has 0 aromatic heterocycles. The van der Waals surface area contributed by atoms with Crippen molar-refractivity contribution in [3.8, 4) is 0 Å². The Kier molecular flexibility index (Phi) is 5.02. The van der Waals surface area contributed by atoms with Gasteiger partial charge in [0.25, 0.3) is 5.69 Å². The lowest BCUT2D eigenvalue weighted by atomic mass is 9.96. The summed E-state index contributed by atoms with van der Waals surface area (Å²) in [4.78, 5) is 21.8. The van der Waals surface area contributed by atoms with Crippen molar-refractivity contribution in [3.05, 3.63) is 33.3 Å². The molecular weight excluding hydrogens is 302 g/mol. The normalized spacial score (nSPS) is 10.8. The van der Waals surface area contributed by atoms with Crippen LogP contribution in [-0.4, -0.2) is 15.9 Å². The van der Waals surface area contributed by atoms with Crippen molar-refractivity contribution in [2.75, 3.05) is 5.32 Å². The Hall–Kier alpha value is -1.73. The molecule has 2 N–H and O–H groups in total. The average Bonchev–Trinajstić information content (AvgIpc) is 2.30. The number of thiocarbonyl (C=S) groups is 1. The van der Waals surface area contributed by atoms with Crippen LogP contribution in [0.15, 0.2) is 18.2 Å². The number of nitro benzene ring substituents is 1. The van der Waals surface area contributed by atoms with E-state index in [1.54, 1.807) is 20.8 Å². The average molecular weight is 316 g/mol. The van der Waals surface area contributed by atoms with E-state index in [2.05, 4.69) is 10.6 Å². The summed E-state index contributed by atoms with van der Waals surface area (Å²) in [7, 11) is 0. The zero-order valence-electron chi connectivity index (χ0n) is 11.2. The number of carbonyl (C=O) groups excluding carboxylic acids is 1. The molecule has 0 saturated heterocycles. The highest BCUT2D eigenvalue weighted by atomic mass is 35.5. The fourth-order valence-corrected chi connectivity index (χ4v) is 1.59. The zero-order chi connectivity index (χ0) is 15.5. The number of amides is 1. The minimum Gasteiger partial charge on any atom is -0.331 e. The van der Waals surface area contributed by atoms with E-state index in [4.69, 9.17) is 23.8 Å². The number of rotatable bonds is 2. The van der Waals surface area contributed by atoms with Crippen molar-refractivity contribution in [3.63, 3.8) is 0 Å².